The summed E-state index contributed by atoms with van der Waals surface area (Å²) in [4.78, 5) is 21.2. The fourth-order valence-electron chi connectivity index (χ4n) is 0.316. The highest BCUT2D eigenvalue weighted by atomic mass is 16.2. The first kappa shape index (κ1) is 18.0. The van der Waals surface area contributed by atoms with E-state index in [1.165, 1.54) is 0 Å². The Morgan fingerprint density at radius 1 is 1.31 bits per heavy atom. The molecule has 0 rings (SSSR count). The van der Waals surface area contributed by atoms with Crippen LogP contribution >= 0.6 is 0 Å². The van der Waals surface area contributed by atoms with Crippen LogP contribution in [0.25, 0.3) is 0 Å². The van der Waals surface area contributed by atoms with Gasteiger partial charge >= 0.3 is 0 Å². The number of nitrogens with zero attached hydrogens (tertiary/aromatic N) is 1. The predicted molar refractivity (Wildman–Crippen MR) is 53.5 cm³/mol. The van der Waals surface area contributed by atoms with Crippen molar-refractivity contribution in [1.82, 2.24) is 4.90 Å². The molecule has 0 aromatic carbocycles. The average molecular weight is 191 g/mol. The lowest BCUT2D eigenvalue weighted by Crippen LogP contribution is -2.19. The Kier molecular flexibility index (Phi) is 23.9. The van der Waals surface area contributed by atoms with E-state index >= 15 is 0 Å². The second kappa shape index (κ2) is 17.3. The number of aldehydes is 1. The predicted octanol–water partition coefficient (Wildman–Crippen LogP) is 0.688. The third-order valence-electron chi connectivity index (χ3n) is 0.968. The molecule has 0 aromatic rings. The van der Waals surface area contributed by atoms with Crippen molar-refractivity contribution in [2.24, 2.45) is 0 Å². The topological polar surface area (TPSA) is 57.6 Å². The SMILES string of the molecule is CCC(=O)N(C)C.CCC=O.CO. The summed E-state index contributed by atoms with van der Waals surface area (Å²) in [5, 5.41) is 7.00. The molecule has 1 N–H and O–H groups in total. The van der Waals surface area contributed by atoms with Crippen molar-refractivity contribution in [2.45, 2.75) is 26.7 Å². The largest absolute Gasteiger partial charge is 0.400 e. The van der Waals surface area contributed by atoms with Gasteiger partial charge in [-0.25, -0.2) is 0 Å². The van der Waals surface area contributed by atoms with Crippen LogP contribution in [0.2, 0.25) is 0 Å². The zero-order valence-corrected chi connectivity index (χ0v) is 9.20. The molecule has 80 valence electrons. The molecule has 0 spiro atoms. The van der Waals surface area contributed by atoms with Crippen molar-refractivity contribution in [2.75, 3.05) is 21.2 Å². The van der Waals surface area contributed by atoms with Gasteiger partial charge in [-0.2, -0.15) is 0 Å². The van der Waals surface area contributed by atoms with Crippen LogP contribution in [-0.4, -0.2) is 43.4 Å². The first-order valence-corrected chi connectivity index (χ1v) is 4.18. The zero-order valence-electron chi connectivity index (χ0n) is 9.20. The first-order valence-electron chi connectivity index (χ1n) is 4.18. The number of hydrogen-bond donors (Lipinski definition) is 1. The Morgan fingerprint density at radius 2 is 1.62 bits per heavy atom. The van der Waals surface area contributed by atoms with E-state index in [2.05, 4.69) is 0 Å². The second-order valence-electron chi connectivity index (χ2n) is 2.22. The minimum absolute atomic E-state index is 0.181. The average Bonchev–Trinajstić information content (AvgIpc) is 2.19. The van der Waals surface area contributed by atoms with Crippen molar-refractivity contribution >= 4 is 12.2 Å². The third kappa shape index (κ3) is 24.7. The molecule has 0 aromatic heterocycles. The fraction of sp³-hybridized carbons (Fsp3) is 0.778. The van der Waals surface area contributed by atoms with E-state index in [1.54, 1.807) is 19.0 Å². The molecule has 0 aliphatic heterocycles. The van der Waals surface area contributed by atoms with E-state index in [4.69, 9.17) is 5.11 Å². The molecule has 0 atom stereocenters. The van der Waals surface area contributed by atoms with Gasteiger partial charge in [0.2, 0.25) is 5.91 Å². The highest BCUT2D eigenvalue weighted by Crippen LogP contribution is 1.81. The standard InChI is InChI=1S/C5H11NO.C3H6O.CH4O/c1-4-5(7)6(2)3;1-2-3-4;1-2/h4H2,1-3H3;3H,2H2,1H3;2H,1H3. The van der Waals surface area contributed by atoms with Crippen molar-refractivity contribution in [3.8, 4) is 0 Å². The van der Waals surface area contributed by atoms with E-state index in [0.717, 1.165) is 13.4 Å². The van der Waals surface area contributed by atoms with Crippen LogP contribution in [0.15, 0.2) is 0 Å². The number of hydrogen-bond acceptors (Lipinski definition) is 3. The summed E-state index contributed by atoms with van der Waals surface area (Å²) in [7, 11) is 4.51. The molecule has 4 heteroatoms. The van der Waals surface area contributed by atoms with Gasteiger partial charge in [-0.1, -0.05) is 13.8 Å². The molecule has 0 saturated heterocycles. The number of aliphatic hydroxyl groups is 1. The molecular weight excluding hydrogens is 170 g/mol. The van der Waals surface area contributed by atoms with Crippen molar-refractivity contribution in [3.63, 3.8) is 0 Å². The maximum atomic E-state index is 10.4. The van der Waals surface area contributed by atoms with Gasteiger partial charge in [0, 0.05) is 34.0 Å². The molecule has 4 nitrogen and oxygen atoms in total. The molecular formula is C9H21NO3. The van der Waals surface area contributed by atoms with Crippen molar-refractivity contribution < 1.29 is 14.7 Å². The maximum absolute atomic E-state index is 10.4. The molecule has 0 aliphatic rings. The molecule has 0 bridgehead atoms. The van der Waals surface area contributed by atoms with Crippen molar-refractivity contribution in [3.05, 3.63) is 0 Å². The van der Waals surface area contributed by atoms with Gasteiger partial charge in [-0.15, -0.1) is 0 Å². The lowest BCUT2D eigenvalue weighted by Gasteiger charge is -2.05. The molecule has 13 heavy (non-hydrogen) atoms. The number of aliphatic hydroxyl groups excluding tert-OH is 1. The molecule has 0 radical (unpaired) electrons. The van der Waals surface area contributed by atoms with Gasteiger partial charge in [0.1, 0.15) is 6.29 Å². The molecule has 0 heterocycles. The summed E-state index contributed by atoms with van der Waals surface area (Å²) in [6.07, 6.45) is 2.12. The van der Waals surface area contributed by atoms with Crippen LogP contribution in [0.5, 0.6) is 0 Å². The smallest absolute Gasteiger partial charge is 0.221 e. The van der Waals surface area contributed by atoms with Crippen molar-refractivity contribution in [1.29, 1.82) is 0 Å². The van der Waals surface area contributed by atoms with E-state index in [-0.39, 0.29) is 5.91 Å². The normalized spacial score (nSPS) is 6.92. The van der Waals surface area contributed by atoms with Gasteiger partial charge in [0.15, 0.2) is 0 Å². The van der Waals surface area contributed by atoms with Crippen LogP contribution in [-0.2, 0) is 9.59 Å². The first-order chi connectivity index (χ1) is 6.09. The minimum atomic E-state index is 0.181. The lowest BCUT2D eigenvalue weighted by molar-refractivity contribution is -0.128. The van der Waals surface area contributed by atoms with Crippen LogP contribution in [0.4, 0.5) is 0 Å². The Morgan fingerprint density at radius 3 is 1.62 bits per heavy atom. The fourth-order valence-corrected chi connectivity index (χ4v) is 0.316. The highest BCUT2D eigenvalue weighted by molar-refractivity contribution is 5.75. The van der Waals surface area contributed by atoms with Crippen LogP contribution in [0, 0.1) is 0 Å². The van der Waals surface area contributed by atoms with Crippen LogP contribution in [0.3, 0.4) is 0 Å². The monoisotopic (exact) mass is 191 g/mol. The zero-order chi connectivity index (χ0) is 11.3. The van der Waals surface area contributed by atoms with Crippen LogP contribution in [0.1, 0.15) is 26.7 Å². The van der Waals surface area contributed by atoms with E-state index in [9.17, 15) is 9.59 Å². The van der Waals surface area contributed by atoms with E-state index in [1.807, 2.05) is 13.8 Å². The summed E-state index contributed by atoms with van der Waals surface area (Å²) < 4.78 is 0. The molecule has 0 fully saturated rings. The Hall–Kier alpha value is -0.900. The van der Waals surface area contributed by atoms with Gasteiger partial charge in [-0.3, -0.25) is 4.79 Å². The Bertz CT molecular complexity index is 113. The van der Waals surface area contributed by atoms with E-state index in [0.29, 0.717) is 12.8 Å². The summed E-state index contributed by atoms with van der Waals surface area (Å²) in [6.45, 7) is 3.66. The maximum Gasteiger partial charge on any atom is 0.221 e. The molecule has 0 unspecified atom stereocenters. The summed E-state index contributed by atoms with van der Waals surface area (Å²) >= 11 is 0. The summed E-state index contributed by atoms with van der Waals surface area (Å²) in [5.74, 6) is 0.181. The number of carbonyl (C=O) groups is 2. The number of amides is 1. The van der Waals surface area contributed by atoms with Gasteiger partial charge in [-0.05, 0) is 0 Å². The lowest BCUT2D eigenvalue weighted by atomic mass is 10.4. The minimum Gasteiger partial charge on any atom is -0.400 e. The molecule has 1 amide bonds. The Balaban J connectivity index is -0.000000142. The molecule has 0 saturated carbocycles. The number of rotatable bonds is 2. The van der Waals surface area contributed by atoms with Gasteiger partial charge < -0.3 is 14.8 Å². The quantitative estimate of drug-likeness (QED) is 0.653. The molecule has 0 aliphatic carbocycles. The summed E-state index contributed by atoms with van der Waals surface area (Å²) in [5.41, 5.74) is 0. The third-order valence-corrected chi connectivity index (χ3v) is 0.968. The summed E-state index contributed by atoms with van der Waals surface area (Å²) in [6, 6.07) is 0. The Labute approximate surface area is 80.5 Å². The van der Waals surface area contributed by atoms with Gasteiger partial charge in [0.05, 0.1) is 0 Å². The highest BCUT2D eigenvalue weighted by Gasteiger charge is 1.95. The van der Waals surface area contributed by atoms with Gasteiger partial charge in [0.25, 0.3) is 0 Å². The second-order valence-corrected chi connectivity index (χ2v) is 2.22. The van der Waals surface area contributed by atoms with E-state index < -0.39 is 0 Å². The van der Waals surface area contributed by atoms with Crippen LogP contribution < -0.4 is 0 Å². The number of carbonyl (C=O) groups excluding carboxylic acids is 2.